The number of nitrogens with one attached hydrogen (secondary N) is 1. The number of halogens is 1. The molecule has 0 amide bonds. The summed E-state index contributed by atoms with van der Waals surface area (Å²) in [6.07, 6.45) is 1.37. The monoisotopic (exact) mass is 448 g/mol. The second-order valence-corrected chi connectivity index (χ2v) is 7.83. The third kappa shape index (κ3) is 3.23. The molecule has 2 N–H and O–H groups in total. The Labute approximate surface area is 185 Å². The average Bonchev–Trinajstić information content (AvgIpc) is 3.37. The summed E-state index contributed by atoms with van der Waals surface area (Å²) >= 11 is 6.29. The molecule has 3 heterocycles. The number of aromatic nitrogens is 6. The van der Waals surface area contributed by atoms with Gasteiger partial charge in [-0.15, -0.1) is 0 Å². The van der Waals surface area contributed by atoms with Gasteiger partial charge in [-0.3, -0.25) is 14.7 Å². The quantitative estimate of drug-likeness (QED) is 0.426. The number of H-pyrrole nitrogens is 1. The van der Waals surface area contributed by atoms with E-state index >= 15 is 0 Å². The van der Waals surface area contributed by atoms with Crippen LogP contribution in [0.1, 0.15) is 11.5 Å². The Hall–Kier alpha value is -3.98. The van der Waals surface area contributed by atoms with Gasteiger partial charge < -0.3 is 9.67 Å². The average molecular weight is 449 g/mol. The highest BCUT2D eigenvalue weighted by molar-refractivity contribution is 6.31. The lowest BCUT2D eigenvalue weighted by Crippen LogP contribution is -2.25. The van der Waals surface area contributed by atoms with Crippen LogP contribution >= 0.6 is 11.6 Å². The molecule has 32 heavy (non-hydrogen) atoms. The zero-order chi connectivity index (χ0) is 22.4. The van der Waals surface area contributed by atoms with Gasteiger partial charge in [0.05, 0.1) is 5.39 Å². The van der Waals surface area contributed by atoms with E-state index in [1.807, 2.05) is 19.1 Å². The largest absolute Gasteiger partial charge is 0.480 e. The Balaban J connectivity index is 1.86. The number of aromatic amines is 1. The number of carbonyl (C=O) groups is 1. The van der Waals surface area contributed by atoms with E-state index < -0.39 is 5.97 Å². The van der Waals surface area contributed by atoms with Crippen molar-refractivity contribution in [3.05, 3.63) is 75.7 Å². The minimum atomic E-state index is -0.959. The number of carboxylic acid groups (broad SMARTS) is 1. The first-order valence-electron chi connectivity index (χ1n) is 9.78. The maximum atomic E-state index is 13.1. The van der Waals surface area contributed by atoms with Crippen molar-refractivity contribution in [2.24, 2.45) is 0 Å². The molecule has 0 unspecified atom stereocenters. The van der Waals surface area contributed by atoms with Gasteiger partial charge in [0.15, 0.2) is 0 Å². The molecule has 0 saturated heterocycles. The highest BCUT2D eigenvalue weighted by Crippen LogP contribution is 2.37. The summed E-state index contributed by atoms with van der Waals surface area (Å²) in [6, 6.07) is 12.5. The fourth-order valence-electron chi connectivity index (χ4n) is 4.07. The van der Waals surface area contributed by atoms with Crippen LogP contribution in [0.4, 0.5) is 0 Å². The zero-order valence-corrected chi connectivity index (χ0v) is 17.7. The summed E-state index contributed by atoms with van der Waals surface area (Å²) < 4.78 is 3.05. The van der Waals surface area contributed by atoms with Gasteiger partial charge in [0.2, 0.25) is 0 Å². The van der Waals surface area contributed by atoms with E-state index in [1.165, 1.54) is 11.0 Å². The summed E-state index contributed by atoms with van der Waals surface area (Å²) in [5, 5.41) is 23.2. The third-order valence-corrected chi connectivity index (χ3v) is 5.68. The Morgan fingerprint density at radius 2 is 1.94 bits per heavy atom. The van der Waals surface area contributed by atoms with Crippen molar-refractivity contribution in [1.82, 2.24) is 29.5 Å². The molecule has 9 nitrogen and oxygen atoms in total. The number of hydrogen-bond donors (Lipinski definition) is 2. The fourth-order valence-corrected chi connectivity index (χ4v) is 4.24. The van der Waals surface area contributed by atoms with Crippen LogP contribution in [0.25, 0.3) is 32.9 Å². The summed E-state index contributed by atoms with van der Waals surface area (Å²) in [5.41, 5.74) is 2.47. The molecule has 0 fully saturated rings. The Morgan fingerprint density at radius 1 is 1.16 bits per heavy atom. The van der Waals surface area contributed by atoms with E-state index in [9.17, 15) is 14.7 Å². The van der Waals surface area contributed by atoms with Crippen LogP contribution in [0.2, 0.25) is 5.02 Å². The molecular weight excluding hydrogens is 432 g/mol. The summed E-state index contributed by atoms with van der Waals surface area (Å²) in [6.45, 7) is 1.75. The van der Waals surface area contributed by atoms with Crippen LogP contribution in [-0.2, 0) is 17.9 Å². The van der Waals surface area contributed by atoms with Crippen LogP contribution in [0.15, 0.2) is 53.6 Å². The van der Waals surface area contributed by atoms with Gasteiger partial charge in [0, 0.05) is 32.6 Å². The minimum absolute atomic E-state index is 0.115. The summed E-state index contributed by atoms with van der Waals surface area (Å²) in [7, 11) is 0. The number of aliphatic carboxylic acids is 1. The molecule has 5 rings (SSSR count). The molecule has 5 aromatic rings. The van der Waals surface area contributed by atoms with Crippen LogP contribution < -0.4 is 5.56 Å². The minimum Gasteiger partial charge on any atom is -0.480 e. The maximum absolute atomic E-state index is 13.1. The van der Waals surface area contributed by atoms with Gasteiger partial charge in [0.1, 0.15) is 30.9 Å². The number of benzene rings is 2. The topological polar surface area (TPSA) is 119 Å². The molecule has 0 aliphatic rings. The second-order valence-electron chi connectivity index (χ2n) is 7.39. The fraction of sp³-hybridized carbons (Fsp3) is 0.136. The molecule has 160 valence electrons. The Bertz CT molecular complexity index is 1550. The summed E-state index contributed by atoms with van der Waals surface area (Å²) in [5.74, 6) is -0.464. The smallest absolute Gasteiger partial charge is 0.323 e. The lowest BCUT2D eigenvalue weighted by atomic mass is 10.0. The van der Waals surface area contributed by atoms with Gasteiger partial charge >= 0.3 is 5.97 Å². The molecular formula is C22H17ClN6O3. The van der Waals surface area contributed by atoms with Crippen molar-refractivity contribution >= 4 is 39.2 Å². The predicted octanol–water partition coefficient (Wildman–Crippen LogP) is 3.23. The lowest BCUT2D eigenvalue weighted by Gasteiger charge is -2.11. The highest BCUT2D eigenvalue weighted by atomic mass is 35.5. The molecule has 0 spiro atoms. The van der Waals surface area contributed by atoms with Gasteiger partial charge in [-0.1, -0.05) is 29.8 Å². The van der Waals surface area contributed by atoms with Crippen LogP contribution in [0, 0.1) is 6.92 Å². The van der Waals surface area contributed by atoms with Gasteiger partial charge in [-0.2, -0.15) is 10.2 Å². The molecule has 10 heteroatoms. The zero-order valence-electron chi connectivity index (χ0n) is 16.9. The number of rotatable bonds is 5. The van der Waals surface area contributed by atoms with Crippen molar-refractivity contribution in [3.8, 4) is 11.3 Å². The van der Waals surface area contributed by atoms with E-state index in [4.69, 9.17) is 16.7 Å². The molecule has 0 aliphatic carbocycles. The SMILES string of the molecule is Cc1c(-c2nn(Cc3ncn[nH]3)c(=O)c3ccccc23)c2cc(Cl)ccc2n1CC(=O)O. The molecule has 2 aromatic carbocycles. The maximum Gasteiger partial charge on any atom is 0.323 e. The number of hydrogen-bond acceptors (Lipinski definition) is 5. The first-order valence-corrected chi connectivity index (χ1v) is 10.2. The first kappa shape index (κ1) is 20.0. The van der Waals surface area contributed by atoms with Gasteiger partial charge in [-0.05, 0) is 31.2 Å². The lowest BCUT2D eigenvalue weighted by molar-refractivity contribution is -0.137. The molecule has 3 aromatic heterocycles. The van der Waals surface area contributed by atoms with E-state index in [0.29, 0.717) is 33.0 Å². The van der Waals surface area contributed by atoms with Crippen molar-refractivity contribution in [3.63, 3.8) is 0 Å². The summed E-state index contributed by atoms with van der Waals surface area (Å²) in [4.78, 5) is 28.8. The van der Waals surface area contributed by atoms with Crippen molar-refractivity contribution in [2.45, 2.75) is 20.0 Å². The number of nitrogens with zero attached hydrogens (tertiary/aromatic N) is 5. The van der Waals surface area contributed by atoms with Crippen molar-refractivity contribution < 1.29 is 9.90 Å². The van der Waals surface area contributed by atoms with Crippen molar-refractivity contribution in [1.29, 1.82) is 0 Å². The molecule has 0 saturated carbocycles. The Kier molecular flexibility index (Phi) is 4.75. The van der Waals surface area contributed by atoms with Crippen LogP contribution in [0.3, 0.4) is 0 Å². The first-order chi connectivity index (χ1) is 15.4. The molecule has 0 radical (unpaired) electrons. The predicted molar refractivity (Wildman–Crippen MR) is 120 cm³/mol. The van der Waals surface area contributed by atoms with Crippen LogP contribution in [0.5, 0.6) is 0 Å². The highest BCUT2D eigenvalue weighted by Gasteiger charge is 2.22. The molecule has 0 aliphatic heterocycles. The van der Waals surface area contributed by atoms with Crippen molar-refractivity contribution in [2.75, 3.05) is 0 Å². The van der Waals surface area contributed by atoms with E-state index in [1.54, 1.807) is 34.9 Å². The van der Waals surface area contributed by atoms with E-state index in [-0.39, 0.29) is 18.6 Å². The normalized spacial score (nSPS) is 11.4. The number of carboxylic acids is 1. The molecule has 0 bridgehead atoms. The second kappa shape index (κ2) is 7.61. The van der Waals surface area contributed by atoms with Gasteiger partial charge in [0.25, 0.3) is 5.56 Å². The number of fused-ring (bicyclic) bond motifs is 2. The van der Waals surface area contributed by atoms with Gasteiger partial charge in [-0.25, -0.2) is 9.67 Å². The third-order valence-electron chi connectivity index (χ3n) is 5.45. The van der Waals surface area contributed by atoms with E-state index in [0.717, 1.165) is 16.5 Å². The van der Waals surface area contributed by atoms with E-state index in [2.05, 4.69) is 15.2 Å². The standard InChI is InChI=1S/C22H17ClN6O3/c1-12-20(16-8-13(23)6-7-17(16)28(12)10-19(30)31)21-14-4-2-3-5-15(14)22(32)29(27-21)9-18-24-11-25-26-18/h2-8,11H,9-10H2,1H3,(H,30,31)(H,24,25,26). The van der Waals surface area contributed by atoms with Crippen LogP contribution in [-0.4, -0.2) is 40.6 Å². The molecule has 0 atom stereocenters. The Morgan fingerprint density at radius 3 is 2.66 bits per heavy atom.